The SMILES string of the molecule is CCN(CC)c1nc(C)cc(C)c1C(N)=S. The third-order valence-corrected chi connectivity index (χ3v) is 2.84. The fourth-order valence-corrected chi connectivity index (χ4v) is 2.13. The van der Waals surface area contributed by atoms with Crippen LogP contribution >= 0.6 is 12.2 Å². The Morgan fingerprint density at radius 3 is 2.38 bits per heavy atom. The first kappa shape index (κ1) is 12.9. The number of anilines is 1. The van der Waals surface area contributed by atoms with Crippen LogP contribution in [0.2, 0.25) is 0 Å². The number of aromatic nitrogens is 1. The van der Waals surface area contributed by atoms with Crippen molar-refractivity contribution in [1.29, 1.82) is 0 Å². The van der Waals surface area contributed by atoms with Crippen LogP contribution in [-0.2, 0) is 0 Å². The van der Waals surface area contributed by atoms with Crippen LogP contribution in [0, 0.1) is 13.8 Å². The number of thiocarbonyl (C=S) groups is 1. The molecule has 0 aliphatic carbocycles. The molecule has 0 unspecified atom stereocenters. The van der Waals surface area contributed by atoms with E-state index in [1.807, 2.05) is 19.9 Å². The highest BCUT2D eigenvalue weighted by atomic mass is 32.1. The first-order valence-corrected chi connectivity index (χ1v) is 5.95. The average molecular weight is 237 g/mol. The molecule has 1 rings (SSSR count). The number of hydrogen-bond donors (Lipinski definition) is 1. The molecule has 0 bridgehead atoms. The fourth-order valence-electron chi connectivity index (χ4n) is 1.87. The van der Waals surface area contributed by atoms with Crippen LogP contribution in [0.1, 0.15) is 30.7 Å². The molecule has 0 fully saturated rings. The van der Waals surface area contributed by atoms with E-state index in [0.29, 0.717) is 4.99 Å². The number of rotatable bonds is 4. The minimum atomic E-state index is 0.423. The summed E-state index contributed by atoms with van der Waals surface area (Å²) < 4.78 is 0. The predicted octanol–water partition coefficient (Wildman–Crippen LogP) is 2.18. The molecule has 1 aromatic rings. The van der Waals surface area contributed by atoms with Crippen molar-refractivity contribution in [3.05, 3.63) is 22.9 Å². The molecule has 0 aromatic carbocycles. The van der Waals surface area contributed by atoms with Crippen molar-refractivity contribution in [1.82, 2.24) is 4.98 Å². The van der Waals surface area contributed by atoms with Gasteiger partial charge in [-0.05, 0) is 39.3 Å². The molecular formula is C12H19N3S. The fraction of sp³-hybridized carbons (Fsp3) is 0.500. The van der Waals surface area contributed by atoms with Gasteiger partial charge in [-0.15, -0.1) is 0 Å². The molecule has 0 amide bonds. The molecule has 0 radical (unpaired) electrons. The zero-order valence-corrected chi connectivity index (χ0v) is 11.2. The van der Waals surface area contributed by atoms with E-state index in [9.17, 15) is 0 Å². The van der Waals surface area contributed by atoms with Gasteiger partial charge in [0.05, 0.1) is 5.56 Å². The number of aryl methyl sites for hydroxylation is 2. The Labute approximate surface area is 103 Å². The maximum absolute atomic E-state index is 5.78. The Kier molecular flexibility index (Phi) is 4.24. The van der Waals surface area contributed by atoms with Crippen molar-refractivity contribution in [2.45, 2.75) is 27.7 Å². The van der Waals surface area contributed by atoms with Gasteiger partial charge in [-0.25, -0.2) is 4.98 Å². The highest BCUT2D eigenvalue weighted by molar-refractivity contribution is 7.80. The maximum Gasteiger partial charge on any atom is 0.139 e. The molecule has 2 N–H and O–H groups in total. The summed E-state index contributed by atoms with van der Waals surface area (Å²) in [7, 11) is 0. The standard InChI is InChI=1S/C12H19N3S/c1-5-15(6-2)12-10(11(13)16)8(3)7-9(4)14-12/h7H,5-6H2,1-4H3,(H2,13,16). The molecule has 0 saturated heterocycles. The molecule has 1 heterocycles. The van der Waals surface area contributed by atoms with Gasteiger partial charge in [-0.3, -0.25) is 0 Å². The molecule has 0 aliphatic heterocycles. The lowest BCUT2D eigenvalue weighted by Gasteiger charge is -2.24. The van der Waals surface area contributed by atoms with Gasteiger partial charge < -0.3 is 10.6 Å². The van der Waals surface area contributed by atoms with Crippen LogP contribution < -0.4 is 10.6 Å². The lowest BCUT2D eigenvalue weighted by atomic mass is 10.1. The second-order valence-corrected chi connectivity index (χ2v) is 4.26. The van der Waals surface area contributed by atoms with Gasteiger partial charge in [-0.1, -0.05) is 12.2 Å². The molecule has 4 heteroatoms. The van der Waals surface area contributed by atoms with Gasteiger partial charge in [0.1, 0.15) is 10.8 Å². The molecule has 1 aromatic heterocycles. The number of nitrogens with zero attached hydrogens (tertiary/aromatic N) is 2. The maximum atomic E-state index is 5.78. The summed E-state index contributed by atoms with van der Waals surface area (Å²) in [5, 5.41) is 0. The van der Waals surface area contributed by atoms with Crippen LogP contribution in [0.4, 0.5) is 5.82 Å². The monoisotopic (exact) mass is 237 g/mol. The van der Waals surface area contributed by atoms with E-state index in [0.717, 1.165) is 35.7 Å². The third kappa shape index (κ3) is 2.50. The first-order valence-electron chi connectivity index (χ1n) is 5.54. The molecule has 0 aliphatic rings. The Morgan fingerprint density at radius 2 is 1.94 bits per heavy atom. The Hall–Kier alpha value is -1.16. The molecule has 3 nitrogen and oxygen atoms in total. The zero-order chi connectivity index (χ0) is 12.3. The topological polar surface area (TPSA) is 42.2 Å². The molecule has 0 spiro atoms. The lowest BCUT2D eigenvalue weighted by molar-refractivity contribution is 0.839. The summed E-state index contributed by atoms with van der Waals surface area (Å²) in [5.74, 6) is 0.912. The van der Waals surface area contributed by atoms with Crippen molar-refractivity contribution in [3.63, 3.8) is 0 Å². The summed E-state index contributed by atoms with van der Waals surface area (Å²) in [4.78, 5) is 7.15. The van der Waals surface area contributed by atoms with Crippen LogP contribution in [-0.4, -0.2) is 23.1 Å². The summed E-state index contributed by atoms with van der Waals surface area (Å²) in [6.45, 7) is 10.0. The van der Waals surface area contributed by atoms with Crippen molar-refractivity contribution in [3.8, 4) is 0 Å². The number of hydrogen-bond acceptors (Lipinski definition) is 3. The molecule has 88 valence electrons. The molecule has 0 atom stereocenters. The Morgan fingerprint density at radius 1 is 1.38 bits per heavy atom. The van der Waals surface area contributed by atoms with E-state index >= 15 is 0 Å². The van der Waals surface area contributed by atoms with Gasteiger partial charge in [-0.2, -0.15) is 0 Å². The Balaban J connectivity index is 3.39. The lowest BCUT2D eigenvalue weighted by Crippen LogP contribution is -2.27. The second kappa shape index (κ2) is 5.25. The van der Waals surface area contributed by atoms with E-state index < -0.39 is 0 Å². The van der Waals surface area contributed by atoms with Crippen LogP contribution in [0.25, 0.3) is 0 Å². The first-order chi connectivity index (χ1) is 7.51. The van der Waals surface area contributed by atoms with Gasteiger partial charge in [0, 0.05) is 18.8 Å². The van der Waals surface area contributed by atoms with E-state index in [-0.39, 0.29) is 0 Å². The number of nitrogens with two attached hydrogens (primary N) is 1. The normalized spacial score (nSPS) is 10.2. The van der Waals surface area contributed by atoms with Crippen LogP contribution in [0.15, 0.2) is 6.07 Å². The van der Waals surface area contributed by atoms with Crippen molar-refractivity contribution >= 4 is 23.0 Å². The minimum Gasteiger partial charge on any atom is -0.389 e. The van der Waals surface area contributed by atoms with E-state index in [4.69, 9.17) is 18.0 Å². The van der Waals surface area contributed by atoms with E-state index in [2.05, 4.69) is 23.7 Å². The van der Waals surface area contributed by atoms with Gasteiger partial charge in [0.25, 0.3) is 0 Å². The number of pyridine rings is 1. The molecule has 0 saturated carbocycles. The summed E-state index contributed by atoms with van der Waals surface area (Å²) in [6, 6.07) is 2.02. The largest absolute Gasteiger partial charge is 0.389 e. The van der Waals surface area contributed by atoms with Gasteiger partial charge in [0.2, 0.25) is 0 Å². The average Bonchev–Trinajstić information content (AvgIpc) is 2.17. The molecular weight excluding hydrogens is 218 g/mol. The third-order valence-electron chi connectivity index (χ3n) is 2.63. The quantitative estimate of drug-likeness (QED) is 0.815. The summed E-state index contributed by atoms with van der Waals surface area (Å²) >= 11 is 5.11. The zero-order valence-electron chi connectivity index (χ0n) is 10.4. The van der Waals surface area contributed by atoms with Crippen molar-refractivity contribution < 1.29 is 0 Å². The van der Waals surface area contributed by atoms with E-state index in [1.165, 1.54) is 0 Å². The van der Waals surface area contributed by atoms with Crippen molar-refractivity contribution in [2.24, 2.45) is 5.73 Å². The smallest absolute Gasteiger partial charge is 0.139 e. The highest BCUT2D eigenvalue weighted by Crippen LogP contribution is 2.22. The van der Waals surface area contributed by atoms with Gasteiger partial charge in [0.15, 0.2) is 0 Å². The summed E-state index contributed by atoms with van der Waals surface area (Å²) in [5.41, 5.74) is 8.78. The molecule has 16 heavy (non-hydrogen) atoms. The Bertz CT molecular complexity index is 397. The van der Waals surface area contributed by atoms with Gasteiger partial charge >= 0.3 is 0 Å². The van der Waals surface area contributed by atoms with Crippen LogP contribution in [0.3, 0.4) is 0 Å². The summed E-state index contributed by atoms with van der Waals surface area (Å²) in [6.07, 6.45) is 0. The van der Waals surface area contributed by atoms with Crippen LogP contribution in [0.5, 0.6) is 0 Å². The van der Waals surface area contributed by atoms with E-state index in [1.54, 1.807) is 0 Å². The minimum absolute atomic E-state index is 0.423. The highest BCUT2D eigenvalue weighted by Gasteiger charge is 2.15. The predicted molar refractivity (Wildman–Crippen MR) is 73.2 cm³/mol. The van der Waals surface area contributed by atoms with Crippen molar-refractivity contribution in [2.75, 3.05) is 18.0 Å². The second-order valence-electron chi connectivity index (χ2n) is 3.82.